The third kappa shape index (κ3) is 3.14. The highest BCUT2D eigenvalue weighted by Gasteiger charge is 2.15. The lowest BCUT2D eigenvalue weighted by Crippen LogP contribution is -2.36. The number of ketones is 1. The molecule has 3 nitrogen and oxygen atoms in total. The molecule has 2 unspecified atom stereocenters. The molecule has 1 N–H and O–H groups in total. The van der Waals surface area contributed by atoms with Crippen LogP contribution in [0.15, 0.2) is 11.8 Å². The lowest BCUT2D eigenvalue weighted by atomic mass is 10.0. The summed E-state index contributed by atoms with van der Waals surface area (Å²) in [6.45, 7) is 4.08. The van der Waals surface area contributed by atoms with Crippen molar-refractivity contribution in [2.75, 3.05) is 7.11 Å². The minimum atomic E-state index is 0.160. The van der Waals surface area contributed by atoms with Gasteiger partial charge in [-0.25, -0.2) is 0 Å². The second kappa shape index (κ2) is 5.15. The first kappa shape index (κ1) is 11.2. The molecular weight excluding hydrogens is 178 g/mol. The van der Waals surface area contributed by atoms with Crippen LogP contribution in [-0.2, 0) is 9.53 Å². The van der Waals surface area contributed by atoms with Gasteiger partial charge in [-0.15, -0.1) is 0 Å². The summed E-state index contributed by atoms with van der Waals surface area (Å²) in [6, 6.07) is 0.247. The first-order valence-electron chi connectivity index (χ1n) is 5.16. The Hall–Kier alpha value is -0.830. The lowest BCUT2D eigenvalue weighted by Gasteiger charge is -2.24. The molecule has 1 aliphatic rings. The molecule has 0 aromatic rings. The first-order valence-corrected chi connectivity index (χ1v) is 5.16. The highest BCUT2D eigenvalue weighted by atomic mass is 16.5. The molecule has 0 heterocycles. The molecule has 0 amide bonds. The number of allylic oxidation sites excluding steroid dienone is 2. The zero-order chi connectivity index (χ0) is 10.6. The van der Waals surface area contributed by atoms with Crippen LogP contribution in [-0.4, -0.2) is 25.0 Å². The molecule has 3 heteroatoms. The SMILES string of the molecule is COC(C)C(C)NC1=CC(=O)CCC1. The molecule has 14 heavy (non-hydrogen) atoms. The monoisotopic (exact) mass is 197 g/mol. The molecule has 2 atom stereocenters. The number of hydrogen-bond acceptors (Lipinski definition) is 3. The van der Waals surface area contributed by atoms with Crippen LogP contribution < -0.4 is 5.32 Å². The number of hydrogen-bond donors (Lipinski definition) is 1. The summed E-state index contributed by atoms with van der Waals surface area (Å²) >= 11 is 0. The van der Waals surface area contributed by atoms with Crippen LogP contribution in [0.25, 0.3) is 0 Å². The van der Waals surface area contributed by atoms with Crippen molar-refractivity contribution in [3.63, 3.8) is 0 Å². The second-order valence-corrected chi connectivity index (χ2v) is 3.86. The number of rotatable bonds is 4. The lowest BCUT2D eigenvalue weighted by molar-refractivity contribution is -0.115. The molecule has 1 aliphatic carbocycles. The number of nitrogens with one attached hydrogen (secondary N) is 1. The number of ether oxygens (including phenoxy) is 1. The number of carbonyl (C=O) groups is 1. The molecular formula is C11H19NO2. The molecule has 0 spiro atoms. The van der Waals surface area contributed by atoms with Gasteiger partial charge >= 0.3 is 0 Å². The van der Waals surface area contributed by atoms with Gasteiger partial charge in [-0.05, 0) is 26.7 Å². The van der Waals surface area contributed by atoms with Crippen LogP contribution in [0.4, 0.5) is 0 Å². The predicted molar refractivity (Wildman–Crippen MR) is 56.0 cm³/mol. The van der Waals surface area contributed by atoms with E-state index in [-0.39, 0.29) is 17.9 Å². The summed E-state index contributed by atoms with van der Waals surface area (Å²) in [7, 11) is 1.70. The highest BCUT2D eigenvalue weighted by Crippen LogP contribution is 2.14. The third-order valence-electron chi connectivity index (χ3n) is 2.69. The minimum Gasteiger partial charge on any atom is -0.383 e. The zero-order valence-corrected chi connectivity index (χ0v) is 9.17. The maximum absolute atomic E-state index is 11.1. The summed E-state index contributed by atoms with van der Waals surface area (Å²) in [5, 5.41) is 3.32. The van der Waals surface area contributed by atoms with Crippen molar-refractivity contribution < 1.29 is 9.53 Å². The van der Waals surface area contributed by atoms with Crippen LogP contribution >= 0.6 is 0 Å². The summed E-state index contributed by atoms with van der Waals surface area (Å²) in [6.07, 6.45) is 4.52. The van der Waals surface area contributed by atoms with E-state index in [0.29, 0.717) is 6.42 Å². The smallest absolute Gasteiger partial charge is 0.157 e. The quantitative estimate of drug-likeness (QED) is 0.744. The maximum atomic E-state index is 11.1. The fraction of sp³-hybridized carbons (Fsp3) is 0.727. The Labute approximate surface area is 85.5 Å². The molecule has 1 rings (SSSR count). The Bertz CT molecular complexity index is 235. The van der Waals surface area contributed by atoms with E-state index in [9.17, 15) is 4.79 Å². The van der Waals surface area contributed by atoms with Crippen molar-refractivity contribution >= 4 is 5.78 Å². The number of methoxy groups -OCH3 is 1. The Morgan fingerprint density at radius 1 is 1.43 bits per heavy atom. The molecule has 0 bridgehead atoms. The molecule has 0 radical (unpaired) electrons. The summed E-state index contributed by atoms with van der Waals surface area (Å²) < 4.78 is 5.21. The third-order valence-corrected chi connectivity index (χ3v) is 2.69. The summed E-state index contributed by atoms with van der Waals surface area (Å²) in [5.74, 6) is 0.232. The van der Waals surface area contributed by atoms with E-state index in [1.807, 2.05) is 6.92 Å². The standard InChI is InChI=1S/C11H19NO2/c1-8(9(2)14-3)12-10-5-4-6-11(13)7-10/h7-9,12H,4-6H2,1-3H3. The number of carbonyl (C=O) groups excluding carboxylic acids is 1. The van der Waals surface area contributed by atoms with E-state index >= 15 is 0 Å². The average Bonchev–Trinajstić information content (AvgIpc) is 2.16. The molecule has 0 saturated heterocycles. The van der Waals surface area contributed by atoms with Crippen LogP contribution in [0, 0.1) is 0 Å². The van der Waals surface area contributed by atoms with Crippen molar-refractivity contribution in [2.45, 2.75) is 45.3 Å². The average molecular weight is 197 g/mol. The predicted octanol–water partition coefficient (Wildman–Crippen LogP) is 1.64. The van der Waals surface area contributed by atoms with Gasteiger partial charge in [0, 0.05) is 31.3 Å². The van der Waals surface area contributed by atoms with E-state index in [2.05, 4.69) is 12.2 Å². The van der Waals surface area contributed by atoms with Crippen molar-refractivity contribution in [1.82, 2.24) is 5.32 Å². The Morgan fingerprint density at radius 3 is 2.71 bits per heavy atom. The van der Waals surface area contributed by atoms with Gasteiger partial charge < -0.3 is 10.1 Å². The fourth-order valence-corrected chi connectivity index (χ4v) is 1.52. The first-order chi connectivity index (χ1) is 6.63. The largest absolute Gasteiger partial charge is 0.383 e. The summed E-state index contributed by atoms with van der Waals surface area (Å²) in [4.78, 5) is 11.1. The minimum absolute atomic E-state index is 0.160. The molecule has 0 aromatic carbocycles. The van der Waals surface area contributed by atoms with E-state index in [1.165, 1.54) is 0 Å². The summed E-state index contributed by atoms with van der Waals surface area (Å²) in [5.41, 5.74) is 1.05. The molecule has 0 saturated carbocycles. The second-order valence-electron chi connectivity index (χ2n) is 3.86. The highest BCUT2D eigenvalue weighted by molar-refractivity contribution is 5.91. The van der Waals surface area contributed by atoms with Gasteiger partial charge in [0.25, 0.3) is 0 Å². The van der Waals surface area contributed by atoms with Gasteiger partial charge in [0.05, 0.1) is 6.10 Å². The van der Waals surface area contributed by atoms with Crippen molar-refractivity contribution in [3.05, 3.63) is 11.8 Å². The maximum Gasteiger partial charge on any atom is 0.157 e. The Kier molecular flexibility index (Phi) is 4.14. The fourth-order valence-electron chi connectivity index (χ4n) is 1.52. The van der Waals surface area contributed by atoms with Crippen LogP contribution in [0.5, 0.6) is 0 Å². The van der Waals surface area contributed by atoms with Crippen LogP contribution in [0.2, 0.25) is 0 Å². The van der Waals surface area contributed by atoms with E-state index in [1.54, 1.807) is 13.2 Å². The topological polar surface area (TPSA) is 38.3 Å². The van der Waals surface area contributed by atoms with Crippen molar-refractivity contribution in [2.24, 2.45) is 0 Å². The van der Waals surface area contributed by atoms with Gasteiger partial charge in [0.2, 0.25) is 0 Å². The molecule has 0 aliphatic heterocycles. The van der Waals surface area contributed by atoms with Gasteiger partial charge in [-0.2, -0.15) is 0 Å². The van der Waals surface area contributed by atoms with Gasteiger partial charge in [0.1, 0.15) is 0 Å². The van der Waals surface area contributed by atoms with Gasteiger partial charge in [-0.1, -0.05) is 0 Å². The molecule has 0 fully saturated rings. The zero-order valence-electron chi connectivity index (χ0n) is 9.17. The Balaban J connectivity index is 2.47. The van der Waals surface area contributed by atoms with Gasteiger partial charge in [-0.3, -0.25) is 4.79 Å². The molecule has 0 aromatic heterocycles. The van der Waals surface area contributed by atoms with Gasteiger partial charge in [0.15, 0.2) is 5.78 Å². The Morgan fingerprint density at radius 2 is 2.14 bits per heavy atom. The van der Waals surface area contributed by atoms with E-state index in [4.69, 9.17) is 4.74 Å². The normalized spacial score (nSPS) is 21.4. The van der Waals surface area contributed by atoms with E-state index in [0.717, 1.165) is 18.5 Å². The van der Waals surface area contributed by atoms with Crippen molar-refractivity contribution in [3.8, 4) is 0 Å². The van der Waals surface area contributed by atoms with Crippen LogP contribution in [0.1, 0.15) is 33.1 Å². The van der Waals surface area contributed by atoms with E-state index < -0.39 is 0 Å². The van der Waals surface area contributed by atoms with Crippen LogP contribution in [0.3, 0.4) is 0 Å². The molecule has 80 valence electrons. The van der Waals surface area contributed by atoms with Crippen molar-refractivity contribution in [1.29, 1.82) is 0 Å².